The van der Waals surface area contributed by atoms with E-state index in [-0.39, 0.29) is 36.5 Å². The van der Waals surface area contributed by atoms with Gasteiger partial charge in [0.25, 0.3) is 0 Å². The van der Waals surface area contributed by atoms with Crippen LogP contribution in [-0.4, -0.2) is 59.9 Å². The molecule has 1 spiro atoms. The lowest BCUT2D eigenvalue weighted by atomic mass is 9.78. The van der Waals surface area contributed by atoms with Crippen molar-refractivity contribution < 1.29 is 23.8 Å². The molecule has 0 aromatic heterocycles. The molecule has 2 N–H and O–H groups in total. The second kappa shape index (κ2) is 9.87. The van der Waals surface area contributed by atoms with Gasteiger partial charge >= 0.3 is 6.09 Å². The molecule has 1 atom stereocenters. The van der Waals surface area contributed by atoms with Crippen molar-refractivity contribution in [2.75, 3.05) is 24.5 Å². The van der Waals surface area contributed by atoms with Gasteiger partial charge in [-0.25, -0.2) is 9.18 Å². The standard InChI is InChI=1S/C25H36FN3O4/c1-17(2)33-24(32)27-15-18-4-9-22(21(26)14-18)28-12-3-10-25(16-28)11-13-29(23(25)31)19-5-7-20(30)8-6-19/h4,9,14,17,19-20,30H,3,5-8,10-13,15-16H2,1-2H3,(H,27,32). The highest BCUT2D eigenvalue weighted by molar-refractivity contribution is 5.86. The van der Waals surface area contributed by atoms with Crippen LogP contribution in [0.25, 0.3) is 0 Å². The summed E-state index contributed by atoms with van der Waals surface area (Å²) in [4.78, 5) is 29.2. The Balaban J connectivity index is 1.40. The van der Waals surface area contributed by atoms with E-state index in [0.717, 1.165) is 58.0 Å². The van der Waals surface area contributed by atoms with Gasteiger partial charge in [-0.3, -0.25) is 4.79 Å². The van der Waals surface area contributed by atoms with Crippen LogP contribution in [0.5, 0.6) is 0 Å². The van der Waals surface area contributed by atoms with Crippen molar-refractivity contribution in [3.63, 3.8) is 0 Å². The molecule has 182 valence electrons. The molecule has 2 heterocycles. The predicted octanol–water partition coefficient (Wildman–Crippen LogP) is 3.58. The molecule has 3 fully saturated rings. The zero-order valence-corrected chi connectivity index (χ0v) is 19.7. The normalized spacial score (nSPS) is 28.0. The van der Waals surface area contributed by atoms with Gasteiger partial charge in [0, 0.05) is 32.2 Å². The number of carbonyl (C=O) groups is 2. The first-order valence-electron chi connectivity index (χ1n) is 12.2. The third-order valence-electron chi connectivity index (χ3n) is 7.36. The number of aliphatic hydroxyl groups excluding tert-OH is 1. The Kier molecular flexibility index (Phi) is 7.12. The minimum atomic E-state index is -0.524. The summed E-state index contributed by atoms with van der Waals surface area (Å²) in [5.41, 5.74) is 0.725. The van der Waals surface area contributed by atoms with E-state index in [4.69, 9.17) is 4.74 Å². The van der Waals surface area contributed by atoms with Crippen LogP contribution >= 0.6 is 0 Å². The van der Waals surface area contributed by atoms with Gasteiger partial charge < -0.3 is 25.0 Å². The highest BCUT2D eigenvalue weighted by atomic mass is 19.1. The number of hydrogen-bond donors (Lipinski definition) is 2. The molecule has 33 heavy (non-hydrogen) atoms. The van der Waals surface area contributed by atoms with Gasteiger partial charge in [0.1, 0.15) is 5.82 Å². The van der Waals surface area contributed by atoms with E-state index >= 15 is 4.39 Å². The molecular weight excluding hydrogens is 425 g/mol. The quantitative estimate of drug-likeness (QED) is 0.701. The van der Waals surface area contributed by atoms with Crippen molar-refractivity contribution in [3.05, 3.63) is 29.6 Å². The molecule has 2 saturated heterocycles. The SMILES string of the molecule is CC(C)OC(=O)NCc1ccc(N2CCCC3(CCN(C4CCC(O)CC4)C3=O)C2)c(F)c1. The molecule has 4 rings (SSSR count). The van der Waals surface area contributed by atoms with Gasteiger partial charge in [-0.2, -0.15) is 0 Å². The Bertz CT molecular complexity index is 871. The van der Waals surface area contributed by atoms with E-state index in [1.807, 2.05) is 15.9 Å². The molecule has 3 aliphatic rings. The molecule has 1 aliphatic carbocycles. The van der Waals surface area contributed by atoms with Crippen LogP contribution in [0.3, 0.4) is 0 Å². The lowest BCUT2D eigenvalue weighted by molar-refractivity contribution is -0.139. The molecule has 1 aromatic rings. The molecule has 0 radical (unpaired) electrons. The Hall–Kier alpha value is -2.35. The monoisotopic (exact) mass is 461 g/mol. The first-order chi connectivity index (χ1) is 15.8. The maximum atomic E-state index is 15.0. The summed E-state index contributed by atoms with van der Waals surface area (Å²) in [7, 11) is 0. The summed E-state index contributed by atoms with van der Waals surface area (Å²) in [6.45, 7) is 5.75. The Morgan fingerprint density at radius 1 is 1.24 bits per heavy atom. The third kappa shape index (κ3) is 5.26. The summed E-state index contributed by atoms with van der Waals surface area (Å²) in [6.07, 6.45) is 4.78. The number of halogens is 1. The minimum absolute atomic E-state index is 0.191. The van der Waals surface area contributed by atoms with Crippen molar-refractivity contribution >= 4 is 17.7 Å². The Morgan fingerprint density at radius 2 is 2.00 bits per heavy atom. The number of likely N-dealkylation sites (tertiary alicyclic amines) is 1. The van der Waals surface area contributed by atoms with E-state index in [2.05, 4.69) is 5.32 Å². The molecule has 1 unspecified atom stereocenters. The van der Waals surface area contributed by atoms with Gasteiger partial charge in [0.2, 0.25) is 5.91 Å². The highest BCUT2D eigenvalue weighted by Gasteiger charge is 2.50. The maximum Gasteiger partial charge on any atom is 0.407 e. The molecule has 0 bridgehead atoms. The number of ether oxygens (including phenoxy) is 1. The van der Waals surface area contributed by atoms with Gasteiger partial charge in [0.05, 0.1) is 23.3 Å². The predicted molar refractivity (Wildman–Crippen MR) is 123 cm³/mol. The number of nitrogens with zero attached hydrogens (tertiary/aromatic N) is 2. The third-order valence-corrected chi connectivity index (χ3v) is 7.36. The number of rotatable bonds is 5. The van der Waals surface area contributed by atoms with Crippen molar-refractivity contribution in [2.24, 2.45) is 5.41 Å². The number of carbonyl (C=O) groups excluding carboxylic acids is 2. The number of piperidine rings is 1. The summed E-state index contributed by atoms with van der Waals surface area (Å²) in [6, 6.07) is 5.23. The zero-order chi connectivity index (χ0) is 23.6. The molecule has 1 saturated carbocycles. The fourth-order valence-corrected chi connectivity index (χ4v) is 5.63. The second-order valence-corrected chi connectivity index (χ2v) is 10.1. The average molecular weight is 462 g/mol. The van der Waals surface area contributed by atoms with Gasteiger partial charge in [-0.15, -0.1) is 0 Å². The lowest BCUT2D eigenvalue weighted by Gasteiger charge is -2.41. The van der Waals surface area contributed by atoms with Crippen molar-refractivity contribution in [1.29, 1.82) is 0 Å². The van der Waals surface area contributed by atoms with Crippen LogP contribution < -0.4 is 10.2 Å². The van der Waals surface area contributed by atoms with Crippen LogP contribution in [0.2, 0.25) is 0 Å². The minimum Gasteiger partial charge on any atom is -0.447 e. The zero-order valence-electron chi connectivity index (χ0n) is 19.7. The number of aliphatic hydroxyl groups is 1. The molecule has 1 aromatic carbocycles. The summed E-state index contributed by atoms with van der Waals surface area (Å²) >= 11 is 0. The van der Waals surface area contributed by atoms with E-state index < -0.39 is 11.5 Å². The number of nitrogens with one attached hydrogen (secondary N) is 1. The molecule has 2 aliphatic heterocycles. The summed E-state index contributed by atoms with van der Waals surface area (Å²) in [5, 5.41) is 12.4. The fraction of sp³-hybridized carbons (Fsp3) is 0.680. The van der Waals surface area contributed by atoms with Crippen LogP contribution in [0.15, 0.2) is 18.2 Å². The van der Waals surface area contributed by atoms with Crippen molar-refractivity contribution in [2.45, 2.75) is 83.6 Å². The number of alkyl carbamates (subject to hydrolysis) is 1. The van der Waals surface area contributed by atoms with Gasteiger partial charge in [-0.05, 0) is 76.5 Å². The van der Waals surface area contributed by atoms with Gasteiger partial charge in [-0.1, -0.05) is 6.07 Å². The van der Waals surface area contributed by atoms with E-state index in [0.29, 0.717) is 17.8 Å². The van der Waals surface area contributed by atoms with E-state index in [1.54, 1.807) is 19.9 Å². The first-order valence-corrected chi connectivity index (χ1v) is 12.2. The van der Waals surface area contributed by atoms with Gasteiger partial charge in [0.15, 0.2) is 0 Å². The summed E-state index contributed by atoms with van der Waals surface area (Å²) < 4.78 is 20.1. The van der Waals surface area contributed by atoms with E-state index in [9.17, 15) is 14.7 Å². The average Bonchev–Trinajstić information content (AvgIpc) is 3.08. The molecule has 8 heteroatoms. The lowest BCUT2D eigenvalue weighted by Crippen LogP contribution is -2.50. The topological polar surface area (TPSA) is 82.1 Å². The fourth-order valence-electron chi connectivity index (χ4n) is 5.63. The number of hydrogen-bond acceptors (Lipinski definition) is 5. The largest absolute Gasteiger partial charge is 0.447 e. The number of anilines is 1. The Morgan fingerprint density at radius 3 is 2.70 bits per heavy atom. The molecule has 7 nitrogen and oxygen atoms in total. The molecule has 2 amide bonds. The van der Waals surface area contributed by atoms with Crippen LogP contribution in [0, 0.1) is 11.2 Å². The van der Waals surface area contributed by atoms with Crippen LogP contribution in [0.4, 0.5) is 14.9 Å². The van der Waals surface area contributed by atoms with Crippen LogP contribution in [-0.2, 0) is 16.1 Å². The smallest absolute Gasteiger partial charge is 0.407 e. The number of benzene rings is 1. The van der Waals surface area contributed by atoms with Crippen molar-refractivity contribution in [3.8, 4) is 0 Å². The molecular formula is C25H36FN3O4. The Labute approximate surface area is 195 Å². The number of amides is 2. The highest BCUT2D eigenvalue weighted by Crippen LogP contribution is 2.43. The second-order valence-electron chi connectivity index (χ2n) is 10.1. The van der Waals surface area contributed by atoms with E-state index in [1.165, 1.54) is 6.07 Å². The first kappa shape index (κ1) is 23.8. The summed E-state index contributed by atoms with van der Waals surface area (Å²) in [5.74, 6) is -0.134. The van der Waals surface area contributed by atoms with Crippen LogP contribution in [0.1, 0.15) is 64.4 Å². The van der Waals surface area contributed by atoms with Crippen molar-refractivity contribution in [1.82, 2.24) is 10.2 Å². The maximum absolute atomic E-state index is 15.0.